The van der Waals surface area contributed by atoms with Crippen LogP contribution in [0.15, 0.2) is 12.7 Å². The van der Waals surface area contributed by atoms with Crippen molar-refractivity contribution in [2.24, 2.45) is 0 Å². The summed E-state index contributed by atoms with van der Waals surface area (Å²) in [7, 11) is 0. The maximum atomic E-state index is 10.7. The van der Waals surface area contributed by atoms with Crippen LogP contribution in [-0.2, 0) is 14.3 Å². The normalized spacial score (nSPS) is 9.27. The molecule has 1 amide bonds. The number of hydrogen-bond acceptors (Lipinski definition) is 4. The molecule has 1 N–H and O–H groups in total. The van der Waals surface area contributed by atoms with Gasteiger partial charge in [-0.05, 0) is 6.08 Å². The molecule has 0 aromatic heterocycles. The van der Waals surface area contributed by atoms with E-state index in [0.29, 0.717) is 39.4 Å². The second-order valence-corrected chi connectivity index (χ2v) is 2.63. The third-order valence-corrected chi connectivity index (χ3v) is 1.46. The van der Waals surface area contributed by atoms with Gasteiger partial charge in [0.1, 0.15) is 0 Å². The maximum Gasteiger partial charge on any atom is 0.243 e. The molecule has 0 radical (unpaired) electrons. The van der Waals surface area contributed by atoms with Crippen molar-refractivity contribution in [3.05, 3.63) is 12.7 Å². The first kappa shape index (κ1) is 13.6. The van der Waals surface area contributed by atoms with Crippen molar-refractivity contribution < 1.29 is 14.3 Å². The number of nitrogens with one attached hydrogen (secondary N) is 1. The highest BCUT2D eigenvalue weighted by Crippen LogP contribution is 1.81. The number of nitriles is 1. The molecule has 0 aromatic rings. The van der Waals surface area contributed by atoms with Gasteiger partial charge in [0.25, 0.3) is 0 Å². The lowest BCUT2D eigenvalue weighted by molar-refractivity contribution is -0.116. The Morgan fingerprint density at radius 1 is 1.33 bits per heavy atom. The Balaban J connectivity index is 3.02. The quantitative estimate of drug-likeness (QED) is 0.439. The molecular formula is C10H16N2O3. The van der Waals surface area contributed by atoms with Gasteiger partial charge in [0.2, 0.25) is 5.91 Å². The van der Waals surface area contributed by atoms with Crippen LogP contribution in [0.2, 0.25) is 0 Å². The smallest absolute Gasteiger partial charge is 0.243 e. The lowest BCUT2D eigenvalue weighted by Gasteiger charge is -2.04. The van der Waals surface area contributed by atoms with E-state index >= 15 is 0 Å². The number of carbonyl (C=O) groups excluding carboxylic acids is 1. The average molecular weight is 212 g/mol. The van der Waals surface area contributed by atoms with E-state index in [9.17, 15) is 4.79 Å². The van der Waals surface area contributed by atoms with Gasteiger partial charge in [0.05, 0.1) is 38.9 Å². The first-order valence-electron chi connectivity index (χ1n) is 4.74. The van der Waals surface area contributed by atoms with Crippen LogP contribution in [0.25, 0.3) is 0 Å². The van der Waals surface area contributed by atoms with Crippen LogP contribution in [0.3, 0.4) is 0 Å². The second-order valence-electron chi connectivity index (χ2n) is 2.63. The summed E-state index contributed by atoms with van der Waals surface area (Å²) in [4.78, 5) is 10.7. The predicted molar refractivity (Wildman–Crippen MR) is 55.1 cm³/mol. The maximum absolute atomic E-state index is 10.7. The Kier molecular flexibility index (Phi) is 9.71. The van der Waals surface area contributed by atoms with E-state index in [1.54, 1.807) is 0 Å². The summed E-state index contributed by atoms with van der Waals surface area (Å²) >= 11 is 0. The second kappa shape index (κ2) is 10.7. The molecule has 0 bridgehead atoms. The molecule has 0 saturated heterocycles. The summed E-state index contributed by atoms with van der Waals surface area (Å²) in [5, 5.41) is 10.8. The Bertz CT molecular complexity index is 223. The minimum atomic E-state index is -0.205. The van der Waals surface area contributed by atoms with Crippen LogP contribution in [0, 0.1) is 11.3 Å². The van der Waals surface area contributed by atoms with Crippen LogP contribution < -0.4 is 5.32 Å². The van der Waals surface area contributed by atoms with Gasteiger partial charge in [0, 0.05) is 6.54 Å². The van der Waals surface area contributed by atoms with Crippen molar-refractivity contribution in [2.45, 2.75) is 6.42 Å². The van der Waals surface area contributed by atoms with Crippen LogP contribution in [0.4, 0.5) is 0 Å². The van der Waals surface area contributed by atoms with Crippen LogP contribution in [0.5, 0.6) is 0 Å². The van der Waals surface area contributed by atoms with Gasteiger partial charge in [-0.2, -0.15) is 5.26 Å². The molecule has 15 heavy (non-hydrogen) atoms. The van der Waals surface area contributed by atoms with Crippen molar-refractivity contribution in [1.82, 2.24) is 5.32 Å². The zero-order valence-electron chi connectivity index (χ0n) is 8.70. The minimum absolute atomic E-state index is 0.205. The highest BCUT2D eigenvalue weighted by Gasteiger charge is 1.93. The fourth-order valence-corrected chi connectivity index (χ4v) is 0.758. The molecule has 0 aromatic carbocycles. The highest BCUT2D eigenvalue weighted by molar-refractivity contribution is 5.86. The molecular weight excluding hydrogens is 196 g/mol. The Morgan fingerprint density at radius 2 is 2.00 bits per heavy atom. The van der Waals surface area contributed by atoms with Gasteiger partial charge in [-0.3, -0.25) is 4.79 Å². The first-order valence-corrected chi connectivity index (χ1v) is 4.74. The molecule has 0 rings (SSSR count). The van der Waals surface area contributed by atoms with Crippen molar-refractivity contribution in [3.8, 4) is 6.07 Å². The molecule has 0 heterocycles. The third kappa shape index (κ3) is 10.5. The van der Waals surface area contributed by atoms with E-state index in [4.69, 9.17) is 14.7 Å². The predicted octanol–water partition coefficient (Wildman–Crippen LogP) is 0.235. The molecule has 0 aliphatic rings. The molecule has 84 valence electrons. The van der Waals surface area contributed by atoms with Crippen LogP contribution in [-0.4, -0.2) is 38.9 Å². The molecule has 0 aliphatic carbocycles. The van der Waals surface area contributed by atoms with E-state index in [-0.39, 0.29) is 5.91 Å². The minimum Gasteiger partial charge on any atom is -0.378 e. The van der Waals surface area contributed by atoms with E-state index in [0.717, 1.165) is 0 Å². The fourth-order valence-electron chi connectivity index (χ4n) is 0.758. The zero-order valence-corrected chi connectivity index (χ0v) is 8.70. The topological polar surface area (TPSA) is 71.3 Å². The molecule has 5 heteroatoms. The lowest BCUT2D eigenvalue weighted by atomic mass is 10.5. The SMILES string of the molecule is C=CC(=O)NCCOCCOCCC#N. The summed E-state index contributed by atoms with van der Waals surface area (Å²) in [6.07, 6.45) is 1.61. The van der Waals surface area contributed by atoms with Crippen molar-refractivity contribution in [1.29, 1.82) is 5.26 Å². The monoisotopic (exact) mass is 212 g/mol. The Labute approximate surface area is 89.7 Å². The fraction of sp³-hybridized carbons (Fsp3) is 0.600. The van der Waals surface area contributed by atoms with Gasteiger partial charge in [-0.1, -0.05) is 6.58 Å². The highest BCUT2D eigenvalue weighted by atomic mass is 16.5. The van der Waals surface area contributed by atoms with Crippen molar-refractivity contribution in [2.75, 3.05) is 33.0 Å². The van der Waals surface area contributed by atoms with E-state index in [1.807, 2.05) is 6.07 Å². The van der Waals surface area contributed by atoms with Gasteiger partial charge in [0.15, 0.2) is 0 Å². The van der Waals surface area contributed by atoms with Crippen molar-refractivity contribution >= 4 is 5.91 Å². The zero-order chi connectivity index (χ0) is 11.4. The van der Waals surface area contributed by atoms with Crippen LogP contribution >= 0.6 is 0 Å². The molecule has 0 spiro atoms. The molecule has 0 aliphatic heterocycles. The average Bonchev–Trinajstić information content (AvgIpc) is 2.26. The van der Waals surface area contributed by atoms with Gasteiger partial charge < -0.3 is 14.8 Å². The van der Waals surface area contributed by atoms with E-state index in [1.165, 1.54) is 6.08 Å². The summed E-state index contributed by atoms with van der Waals surface area (Å²) in [6, 6.07) is 1.98. The summed E-state index contributed by atoms with van der Waals surface area (Å²) < 4.78 is 10.2. The number of carbonyl (C=O) groups is 1. The molecule has 0 atom stereocenters. The van der Waals surface area contributed by atoms with E-state index < -0.39 is 0 Å². The van der Waals surface area contributed by atoms with Crippen LogP contribution in [0.1, 0.15) is 6.42 Å². The van der Waals surface area contributed by atoms with E-state index in [2.05, 4.69) is 11.9 Å². The van der Waals surface area contributed by atoms with Crippen molar-refractivity contribution in [3.63, 3.8) is 0 Å². The summed E-state index contributed by atoms with van der Waals surface area (Å²) in [6.45, 7) is 5.60. The number of rotatable bonds is 9. The number of hydrogen-bond donors (Lipinski definition) is 1. The van der Waals surface area contributed by atoms with Gasteiger partial charge >= 0.3 is 0 Å². The molecule has 0 fully saturated rings. The molecule has 5 nitrogen and oxygen atoms in total. The third-order valence-electron chi connectivity index (χ3n) is 1.46. The standard InChI is InChI=1S/C10H16N2O3/c1-2-10(13)12-5-7-15-9-8-14-6-3-4-11/h2H,1,3,5-9H2,(H,12,13). The van der Waals surface area contributed by atoms with Gasteiger partial charge in [-0.15, -0.1) is 0 Å². The number of amides is 1. The molecule has 0 saturated carbocycles. The Hall–Kier alpha value is -1.38. The largest absolute Gasteiger partial charge is 0.378 e. The molecule has 0 unspecified atom stereocenters. The lowest BCUT2D eigenvalue weighted by Crippen LogP contribution is -2.25. The number of nitrogens with zero attached hydrogens (tertiary/aromatic N) is 1. The first-order chi connectivity index (χ1) is 7.31. The summed E-state index contributed by atoms with van der Waals surface area (Å²) in [5.74, 6) is -0.205. The van der Waals surface area contributed by atoms with Gasteiger partial charge in [-0.25, -0.2) is 0 Å². The number of ether oxygens (including phenoxy) is 2. The summed E-state index contributed by atoms with van der Waals surface area (Å²) in [5.41, 5.74) is 0. The Morgan fingerprint density at radius 3 is 2.60 bits per heavy atom.